The van der Waals surface area contributed by atoms with Gasteiger partial charge in [-0.2, -0.15) is 0 Å². The maximum absolute atomic E-state index is 11.6. The molecule has 1 fully saturated rings. The third-order valence-corrected chi connectivity index (χ3v) is 5.78. The second-order valence-electron chi connectivity index (χ2n) is 8.39. The van der Waals surface area contributed by atoms with E-state index >= 15 is 0 Å². The summed E-state index contributed by atoms with van der Waals surface area (Å²) >= 11 is 0. The number of hydrogen-bond acceptors (Lipinski definition) is 7. The smallest absolute Gasteiger partial charge is 0.247 e. The summed E-state index contributed by atoms with van der Waals surface area (Å²) in [7, 11) is 1.79. The molecule has 0 radical (unpaired) electrons. The number of ether oxygens (including phenoxy) is 2. The van der Waals surface area contributed by atoms with Crippen molar-refractivity contribution in [2.24, 2.45) is 5.92 Å². The van der Waals surface area contributed by atoms with Crippen LogP contribution in [0.1, 0.15) is 17.7 Å². The molecule has 33 heavy (non-hydrogen) atoms. The van der Waals surface area contributed by atoms with E-state index in [0.717, 1.165) is 54.1 Å². The van der Waals surface area contributed by atoms with Gasteiger partial charge in [-0.1, -0.05) is 12.1 Å². The van der Waals surface area contributed by atoms with Crippen molar-refractivity contribution in [1.82, 2.24) is 20.3 Å². The number of nitrogens with zero attached hydrogens (tertiary/aromatic N) is 2. The van der Waals surface area contributed by atoms with Crippen LogP contribution in [0.25, 0.3) is 22.6 Å². The third-order valence-electron chi connectivity index (χ3n) is 5.78. The Morgan fingerprint density at radius 1 is 1.27 bits per heavy atom. The fourth-order valence-electron chi connectivity index (χ4n) is 3.96. The highest BCUT2D eigenvalue weighted by atomic mass is 16.5. The number of rotatable bonds is 9. The van der Waals surface area contributed by atoms with Gasteiger partial charge in [0.1, 0.15) is 18.5 Å². The lowest BCUT2D eigenvalue weighted by atomic mass is 9.97. The number of likely N-dealkylation sites (N-methyl/N-ethyl adjacent to an activating group) is 1. The van der Waals surface area contributed by atoms with Crippen LogP contribution in [0.4, 0.5) is 0 Å². The Kier molecular flexibility index (Phi) is 7.49. The molecule has 0 spiro atoms. The van der Waals surface area contributed by atoms with Crippen LogP contribution >= 0.6 is 0 Å². The Labute approximate surface area is 193 Å². The second kappa shape index (κ2) is 10.7. The number of H-pyrrole nitrogens is 1. The summed E-state index contributed by atoms with van der Waals surface area (Å²) in [6.45, 7) is 4.20. The van der Waals surface area contributed by atoms with E-state index in [1.807, 2.05) is 31.2 Å². The van der Waals surface area contributed by atoms with Crippen LogP contribution in [0.3, 0.4) is 0 Å². The highest BCUT2D eigenvalue weighted by Crippen LogP contribution is 2.29. The van der Waals surface area contributed by atoms with Crippen molar-refractivity contribution in [3.63, 3.8) is 0 Å². The molecule has 2 atom stereocenters. The molecule has 3 heterocycles. The molecular formula is C25H30N4O4. The van der Waals surface area contributed by atoms with Crippen LogP contribution in [0.2, 0.25) is 0 Å². The van der Waals surface area contributed by atoms with Gasteiger partial charge in [0.2, 0.25) is 5.56 Å². The number of nitrogens with one attached hydrogen (secondary N) is 2. The second-order valence-corrected chi connectivity index (χ2v) is 8.39. The van der Waals surface area contributed by atoms with Crippen LogP contribution in [-0.4, -0.2) is 59.6 Å². The van der Waals surface area contributed by atoms with E-state index in [9.17, 15) is 9.90 Å². The highest BCUT2D eigenvalue weighted by molar-refractivity contribution is 5.67. The van der Waals surface area contributed by atoms with E-state index in [-0.39, 0.29) is 12.2 Å². The fraction of sp³-hybridized carbons (Fsp3) is 0.400. The molecule has 0 amide bonds. The van der Waals surface area contributed by atoms with Gasteiger partial charge in [-0.25, -0.2) is 9.97 Å². The minimum Gasteiger partial charge on any atom is -0.491 e. The maximum Gasteiger partial charge on any atom is 0.247 e. The number of aliphatic hydroxyl groups excluding tert-OH is 1. The Balaban J connectivity index is 1.69. The standard InChI is InChI=1S/C25H30N4O4/c1-16-22(10-17-8-9-32-14-17)28-25(29-24(16)19-6-7-23(31)27-12-19)18-4-3-5-21(11-18)33-15-20(30)13-26-2/h3-7,11-12,17,20,26,30H,8-10,13-15H2,1-2H3,(H,27,31)/t17-,20?/m0/s1. The van der Waals surface area contributed by atoms with Gasteiger partial charge in [-0.3, -0.25) is 4.79 Å². The molecular weight excluding hydrogens is 420 g/mol. The molecule has 0 saturated carbocycles. The topological polar surface area (TPSA) is 109 Å². The quantitative estimate of drug-likeness (QED) is 0.459. The Morgan fingerprint density at radius 2 is 2.15 bits per heavy atom. The van der Waals surface area contributed by atoms with Gasteiger partial charge in [0, 0.05) is 48.8 Å². The molecule has 174 valence electrons. The first-order valence-corrected chi connectivity index (χ1v) is 11.2. The lowest BCUT2D eigenvalue weighted by molar-refractivity contribution is 0.108. The van der Waals surface area contributed by atoms with Crippen LogP contribution in [0, 0.1) is 12.8 Å². The fourth-order valence-corrected chi connectivity index (χ4v) is 3.96. The van der Waals surface area contributed by atoms with Gasteiger partial charge < -0.3 is 24.9 Å². The number of aromatic nitrogens is 3. The first-order valence-electron chi connectivity index (χ1n) is 11.2. The van der Waals surface area contributed by atoms with Crippen LogP contribution in [0.15, 0.2) is 47.4 Å². The highest BCUT2D eigenvalue weighted by Gasteiger charge is 2.21. The van der Waals surface area contributed by atoms with E-state index in [2.05, 4.69) is 10.3 Å². The summed E-state index contributed by atoms with van der Waals surface area (Å²) in [4.78, 5) is 24.1. The summed E-state index contributed by atoms with van der Waals surface area (Å²) in [5.41, 5.74) is 4.28. The molecule has 2 aromatic heterocycles. The molecule has 0 bridgehead atoms. The Bertz CT molecular complexity index is 1120. The zero-order valence-corrected chi connectivity index (χ0v) is 19.0. The van der Waals surface area contributed by atoms with Crippen LogP contribution in [-0.2, 0) is 11.2 Å². The van der Waals surface area contributed by atoms with E-state index in [1.165, 1.54) is 6.07 Å². The molecule has 8 nitrogen and oxygen atoms in total. The Morgan fingerprint density at radius 3 is 2.88 bits per heavy atom. The number of hydrogen-bond donors (Lipinski definition) is 3. The van der Waals surface area contributed by atoms with Crippen molar-refractivity contribution in [3.05, 3.63) is 64.2 Å². The molecule has 1 aliphatic heterocycles. The molecule has 0 aliphatic carbocycles. The normalized spacial score (nSPS) is 16.6. The van der Waals surface area contributed by atoms with E-state index in [0.29, 0.717) is 24.0 Å². The SMILES string of the molecule is CNCC(O)COc1cccc(-c2nc(C[C@@H]3CCOC3)c(C)c(-c3ccc(=O)[nH]c3)n2)c1. The van der Waals surface area contributed by atoms with Gasteiger partial charge >= 0.3 is 0 Å². The molecule has 1 saturated heterocycles. The summed E-state index contributed by atoms with van der Waals surface area (Å²) < 4.78 is 11.3. The largest absolute Gasteiger partial charge is 0.491 e. The van der Waals surface area contributed by atoms with Crippen molar-refractivity contribution >= 4 is 0 Å². The molecule has 1 unspecified atom stereocenters. The number of benzene rings is 1. The molecule has 8 heteroatoms. The van der Waals surface area contributed by atoms with Crippen LogP contribution < -0.4 is 15.6 Å². The molecule has 3 aromatic rings. The zero-order valence-electron chi connectivity index (χ0n) is 19.0. The van der Waals surface area contributed by atoms with Gasteiger partial charge in [0.05, 0.1) is 5.69 Å². The van der Waals surface area contributed by atoms with E-state index in [4.69, 9.17) is 19.4 Å². The lowest BCUT2D eigenvalue weighted by Crippen LogP contribution is -2.29. The number of pyridine rings is 1. The van der Waals surface area contributed by atoms with Gasteiger partial charge in [-0.15, -0.1) is 0 Å². The van der Waals surface area contributed by atoms with Crippen molar-refractivity contribution in [2.45, 2.75) is 25.9 Å². The third kappa shape index (κ3) is 5.84. The lowest BCUT2D eigenvalue weighted by Gasteiger charge is -2.16. The zero-order chi connectivity index (χ0) is 23.2. The monoisotopic (exact) mass is 450 g/mol. The first kappa shape index (κ1) is 23.1. The summed E-state index contributed by atoms with van der Waals surface area (Å²) in [5.74, 6) is 1.67. The van der Waals surface area contributed by atoms with Gasteiger partial charge in [0.25, 0.3) is 0 Å². The average Bonchev–Trinajstić information content (AvgIpc) is 3.33. The van der Waals surface area contributed by atoms with E-state index in [1.54, 1.807) is 19.3 Å². The number of aliphatic hydroxyl groups is 1. The predicted octanol–water partition coefficient (Wildman–Crippen LogP) is 2.35. The van der Waals surface area contributed by atoms with E-state index < -0.39 is 6.10 Å². The summed E-state index contributed by atoms with van der Waals surface area (Å²) in [6, 6.07) is 10.9. The minimum atomic E-state index is -0.596. The van der Waals surface area contributed by atoms with Crippen molar-refractivity contribution < 1.29 is 14.6 Å². The summed E-state index contributed by atoms with van der Waals surface area (Å²) in [5, 5.41) is 12.9. The minimum absolute atomic E-state index is 0.153. The molecule has 3 N–H and O–H groups in total. The van der Waals surface area contributed by atoms with Crippen LogP contribution in [0.5, 0.6) is 5.75 Å². The van der Waals surface area contributed by atoms with Gasteiger partial charge in [-0.05, 0) is 56.5 Å². The number of aromatic amines is 1. The molecule has 1 aromatic carbocycles. The van der Waals surface area contributed by atoms with Gasteiger partial charge in [0.15, 0.2) is 5.82 Å². The molecule has 1 aliphatic rings. The summed E-state index contributed by atoms with van der Waals surface area (Å²) in [6.07, 6.45) is 2.92. The maximum atomic E-state index is 11.6. The van der Waals surface area contributed by atoms with Crippen molar-refractivity contribution in [3.8, 4) is 28.4 Å². The van der Waals surface area contributed by atoms with Crippen molar-refractivity contribution in [1.29, 1.82) is 0 Å². The first-order chi connectivity index (χ1) is 16.0. The molecule has 4 rings (SSSR count). The Hall–Kier alpha value is -3.07. The predicted molar refractivity (Wildman–Crippen MR) is 126 cm³/mol. The average molecular weight is 451 g/mol. The van der Waals surface area contributed by atoms with Crippen molar-refractivity contribution in [2.75, 3.05) is 33.4 Å².